The third-order valence-electron chi connectivity index (χ3n) is 3.39. The predicted molar refractivity (Wildman–Crippen MR) is 70.1 cm³/mol. The van der Waals surface area contributed by atoms with Crippen LogP contribution in [0.3, 0.4) is 0 Å². The van der Waals surface area contributed by atoms with E-state index in [9.17, 15) is 4.79 Å². The molecule has 1 N–H and O–H groups in total. The predicted octanol–water partition coefficient (Wildman–Crippen LogP) is 2.23. The molecule has 1 amide bonds. The number of hydrogen-bond donors (Lipinski definition) is 1. The van der Waals surface area contributed by atoms with Crippen LogP contribution in [0, 0.1) is 0 Å². The van der Waals surface area contributed by atoms with Crippen molar-refractivity contribution in [2.24, 2.45) is 0 Å². The highest BCUT2D eigenvalue weighted by atomic mass is 16.5. The first kappa shape index (κ1) is 12.9. The molecule has 2 atom stereocenters. The number of nitrogens with zero attached hydrogens (tertiary/aromatic N) is 1. The first-order chi connectivity index (χ1) is 9.74. The fourth-order valence-corrected chi connectivity index (χ4v) is 2.29. The Labute approximate surface area is 116 Å². The zero-order valence-corrected chi connectivity index (χ0v) is 11.2. The van der Waals surface area contributed by atoms with Crippen molar-refractivity contribution in [3.05, 3.63) is 30.2 Å². The van der Waals surface area contributed by atoms with Crippen molar-refractivity contribution < 1.29 is 18.5 Å². The fraction of sp³-hybridized carbons (Fsp3) is 0.429. The Hall–Kier alpha value is -2.08. The molecule has 1 saturated heterocycles. The van der Waals surface area contributed by atoms with Crippen molar-refractivity contribution in [2.45, 2.75) is 31.9 Å². The highest BCUT2D eigenvalue weighted by Crippen LogP contribution is 2.21. The van der Waals surface area contributed by atoms with Crippen LogP contribution >= 0.6 is 0 Å². The van der Waals surface area contributed by atoms with Gasteiger partial charge < -0.3 is 19.0 Å². The summed E-state index contributed by atoms with van der Waals surface area (Å²) in [4.78, 5) is 12.1. The van der Waals surface area contributed by atoms with Crippen LogP contribution in [-0.2, 0) is 4.74 Å². The second-order valence-corrected chi connectivity index (χ2v) is 4.87. The summed E-state index contributed by atoms with van der Waals surface area (Å²) in [6.45, 7) is 2.69. The molecule has 6 heteroatoms. The molecule has 0 bridgehead atoms. The Bertz CT molecular complexity index is 570. The Morgan fingerprint density at radius 1 is 1.50 bits per heavy atom. The Morgan fingerprint density at radius 2 is 2.40 bits per heavy atom. The molecule has 0 aromatic carbocycles. The van der Waals surface area contributed by atoms with E-state index in [-0.39, 0.29) is 23.7 Å². The van der Waals surface area contributed by atoms with E-state index in [1.807, 2.05) is 6.92 Å². The molecule has 0 radical (unpaired) electrons. The molecule has 1 aliphatic rings. The molecule has 20 heavy (non-hydrogen) atoms. The maximum Gasteiger partial charge on any atom is 0.273 e. The second-order valence-electron chi connectivity index (χ2n) is 4.87. The van der Waals surface area contributed by atoms with Crippen LogP contribution in [-0.4, -0.2) is 29.8 Å². The number of aromatic nitrogens is 1. The van der Waals surface area contributed by atoms with E-state index in [0.717, 1.165) is 19.4 Å². The molecule has 0 saturated carbocycles. The van der Waals surface area contributed by atoms with Gasteiger partial charge in [0.05, 0.1) is 18.4 Å². The van der Waals surface area contributed by atoms with Crippen molar-refractivity contribution in [1.82, 2.24) is 10.5 Å². The lowest BCUT2D eigenvalue weighted by molar-refractivity contribution is 0.0707. The molecule has 1 aliphatic heterocycles. The Balaban J connectivity index is 1.65. The fourth-order valence-electron chi connectivity index (χ4n) is 2.29. The molecule has 2 aromatic rings. The van der Waals surface area contributed by atoms with Crippen LogP contribution in [0.5, 0.6) is 0 Å². The van der Waals surface area contributed by atoms with Gasteiger partial charge in [-0.05, 0) is 31.9 Å². The lowest BCUT2D eigenvalue weighted by atomic mass is 10.1. The summed E-state index contributed by atoms with van der Waals surface area (Å²) in [5.74, 6) is 0.711. The summed E-state index contributed by atoms with van der Waals surface area (Å²) in [5, 5.41) is 6.64. The number of rotatable bonds is 4. The largest absolute Gasteiger partial charge is 0.461 e. The van der Waals surface area contributed by atoms with Crippen molar-refractivity contribution in [1.29, 1.82) is 0 Å². The number of amides is 1. The van der Waals surface area contributed by atoms with Crippen molar-refractivity contribution in [3.8, 4) is 11.5 Å². The van der Waals surface area contributed by atoms with Gasteiger partial charge in [0, 0.05) is 12.7 Å². The molecule has 106 valence electrons. The lowest BCUT2D eigenvalue weighted by Gasteiger charge is -2.19. The number of carbonyl (C=O) groups is 1. The molecule has 2 aromatic heterocycles. The number of ether oxygens (including phenoxy) is 1. The molecule has 0 spiro atoms. The van der Waals surface area contributed by atoms with Gasteiger partial charge in [-0.1, -0.05) is 5.16 Å². The van der Waals surface area contributed by atoms with Gasteiger partial charge in [0.15, 0.2) is 11.5 Å². The third-order valence-corrected chi connectivity index (χ3v) is 3.39. The van der Waals surface area contributed by atoms with Crippen LogP contribution in [0.25, 0.3) is 11.5 Å². The lowest BCUT2D eigenvalue weighted by Crippen LogP contribution is -2.40. The van der Waals surface area contributed by atoms with Gasteiger partial charge in [0.25, 0.3) is 5.91 Å². The zero-order chi connectivity index (χ0) is 13.9. The molecule has 2 unspecified atom stereocenters. The smallest absolute Gasteiger partial charge is 0.273 e. The molecule has 0 aliphatic carbocycles. The third kappa shape index (κ3) is 2.60. The standard InChI is InChI=1S/C14H16N2O4/c1-9(11-4-2-6-18-11)15-14(17)10-8-13(20-16-10)12-5-3-7-19-12/h3,5,7-9,11H,2,4,6H2,1H3,(H,15,17). The molecular weight excluding hydrogens is 260 g/mol. The summed E-state index contributed by atoms with van der Waals surface area (Å²) in [7, 11) is 0. The normalized spacial score (nSPS) is 19.9. The van der Waals surface area contributed by atoms with Crippen LogP contribution in [0.2, 0.25) is 0 Å². The van der Waals surface area contributed by atoms with Gasteiger partial charge in [-0.2, -0.15) is 0 Å². The van der Waals surface area contributed by atoms with Gasteiger partial charge in [-0.25, -0.2) is 0 Å². The summed E-state index contributed by atoms with van der Waals surface area (Å²) >= 11 is 0. The van der Waals surface area contributed by atoms with Gasteiger partial charge in [-0.15, -0.1) is 0 Å². The number of carbonyl (C=O) groups excluding carboxylic acids is 1. The van der Waals surface area contributed by atoms with E-state index < -0.39 is 0 Å². The molecular formula is C14H16N2O4. The average molecular weight is 276 g/mol. The van der Waals surface area contributed by atoms with Gasteiger partial charge in [0.1, 0.15) is 0 Å². The van der Waals surface area contributed by atoms with Crippen LogP contribution in [0.1, 0.15) is 30.3 Å². The average Bonchev–Trinajstić information content (AvgIpc) is 3.19. The quantitative estimate of drug-likeness (QED) is 0.926. The zero-order valence-electron chi connectivity index (χ0n) is 11.2. The Kier molecular flexibility index (Phi) is 3.56. The van der Waals surface area contributed by atoms with Crippen LogP contribution in [0.4, 0.5) is 0 Å². The van der Waals surface area contributed by atoms with Gasteiger partial charge in [-0.3, -0.25) is 4.79 Å². The monoisotopic (exact) mass is 276 g/mol. The molecule has 3 rings (SSSR count). The summed E-state index contributed by atoms with van der Waals surface area (Å²) in [6, 6.07) is 5.01. The van der Waals surface area contributed by atoms with Crippen LogP contribution < -0.4 is 5.32 Å². The summed E-state index contributed by atoms with van der Waals surface area (Å²) in [5.41, 5.74) is 0.237. The second kappa shape index (κ2) is 5.50. The summed E-state index contributed by atoms with van der Waals surface area (Å²) < 4.78 is 15.8. The number of nitrogens with one attached hydrogen (secondary N) is 1. The minimum absolute atomic E-state index is 0.0474. The maximum atomic E-state index is 12.1. The first-order valence-electron chi connectivity index (χ1n) is 6.67. The maximum absolute atomic E-state index is 12.1. The van der Waals surface area contributed by atoms with E-state index in [1.165, 1.54) is 6.26 Å². The van der Waals surface area contributed by atoms with E-state index in [4.69, 9.17) is 13.7 Å². The molecule has 6 nitrogen and oxygen atoms in total. The minimum Gasteiger partial charge on any atom is -0.461 e. The number of furan rings is 1. The first-order valence-corrected chi connectivity index (χ1v) is 6.67. The topological polar surface area (TPSA) is 77.5 Å². The van der Waals surface area contributed by atoms with E-state index in [2.05, 4.69) is 10.5 Å². The molecule has 3 heterocycles. The van der Waals surface area contributed by atoms with Crippen LogP contribution in [0.15, 0.2) is 33.4 Å². The van der Waals surface area contributed by atoms with E-state index in [1.54, 1.807) is 18.2 Å². The number of hydrogen-bond acceptors (Lipinski definition) is 5. The molecule has 1 fully saturated rings. The van der Waals surface area contributed by atoms with Crippen molar-refractivity contribution in [2.75, 3.05) is 6.61 Å². The van der Waals surface area contributed by atoms with Gasteiger partial charge >= 0.3 is 0 Å². The minimum atomic E-state index is -0.269. The van der Waals surface area contributed by atoms with Crippen molar-refractivity contribution >= 4 is 5.91 Å². The summed E-state index contributed by atoms with van der Waals surface area (Å²) in [6.07, 6.45) is 3.63. The highest BCUT2D eigenvalue weighted by molar-refractivity contribution is 5.93. The van der Waals surface area contributed by atoms with E-state index in [0.29, 0.717) is 11.5 Å². The van der Waals surface area contributed by atoms with E-state index >= 15 is 0 Å². The SMILES string of the molecule is CC(NC(=O)c1cc(-c2ccco2)on1)C1CCCO1. The van der Waals surface area contributed by atoms with Gasteiger partial charge in [0.2, 0.25) is 5.76 Å². The van der Waals surface area contributed by atoms with Crippen molar-refractivity contribution in [3.63, 3.8) is 0 Å². The Morgan fingerprint density at radius 3 is 3.10 bits per heavy atom. The highest BCUT2D eigenvalue weighted by Gasteiger charge is 2.25.